The minimum absolute atomic E-state index is 0.166. The van der Waals surface area contributed by atoms with Crippen LogP contribution in [0, 0.1) is 0 Å². The summed E-state index contributed by atoms with van der Waals surface area (Å²) in [5.74, 6) is -0.347. The van der Waals surface area contributed by atoms with Crippen molar-refractivity contribution in [2.24, 2.45) is 0 Å². The van der Waals surface area contributed by atoms with Gasteiger partial charge in [0.1, 0.15) is 0 Å². The van der Waals surface area contributed by atoms with Crippen molar-refractivity contribution in [3.63, 3.8) is 0 Å². The molecule has 0 bridgehead atoms. The van der Waals surface area contributed by atoms with Crippen LogP contribution in [0.4, 0.5) is 0 Å². The zero-order valence-electron chi connectivity index (χ0n) is 6.83. The fourth-order valence-electron chi connectivity index (χ4n) is 0.967. The lowest BCUT2D eigenvalue weighted by molar-refractivity contribution is -0.111. The molecular formula is C9H9ClO3. The maximum Gasteiger partial charge on any atom is 0.221 e. The molecule has 3 nitrogen and oxygen atoms in total. The molecule has 0 aliphatic rings. The van der Waals surface area contributed by atoms with Crippen molar-refractivity contribution in [1.29, 1.82) is 0 Å². The first kappa shape index (κ1) is 9.86. The van der Waals surface area contributed by atoms with E-state index in [1.54, 1.807) is 6.07 Å². The highest BCUT2D eigenvalue weighted by Crippen LogP contribution is 2.25. The number of benzene rings is 1. The maximum atomic E-state index is 10.4. The first-order valence-electron chi connectivity index (χ1n) is 3.79. The van der Waals surface area contributed by atoms with E-state index >= 15 is 0 Å². The third kappa shape index (κ3) is 2.95. The largest absolute Gasteiger partial charge is 0.504 e. The molecule has 0 radical (unpaired) electrons. The minimum Gasteiger partial charge on any atom is -0.504 e. The van der Waals surface area contributed by atoms with Crippen molar-refractivity contribution >= 4 is 16.8 Å². The van der Waals surface area contributed by atoms with Gasteiger partial charge in [0.15, 0.2) is 11.5 Å². The molecule has 0 spiro atoms. The molecule has 2 N–H and O–H groups in total. The van der Waals surface area contributed by atoms with Crippen LogP contribution in [-0.2, 0) is 11.2 Å². The summed E-state index contributed by atoms with van der Waals surface area (Å²) >= 11 is 5.15. The fourth-order valence-corrected chi connectivity index (χ4v) is 1.06. The van der Waals surface area contributed by atoms with E-state index in [1.165, 1.54) is 12.1 Å². The predicted octanol–water partition coefficient (Wildman–Crippen LogP) is 1.80. The Kier molecular flexibility index (Phi) is 3.14. The Morgan fingerprint density at radius 2 is 2.00 bits per heavy atom. The van der Waals surface area contributed by atoms with Crippen LogP contribution in [0.25, 0.3) is 0 Å². The van der Waals surface area contributed by atoms with Gasteiger partial charge in [-0.25, -0.2) is 0 Å². The van der Waals surface area contributed by atoms with Crippen LogP contribution in [0.5, 0.6) is 11.5 Å². The van der Waals surface area contributed by atoms with Crippen molar-refractivity contribution in [2.75, 3.05) is 0 Å². The SMILES string of the molecule is O=C(Cl)CCc1ccc(O)c(O)c1. The predicted molar refractivity (Wildman–Crippen MR) is 49.0 cm³/mol. The molecule has 1 rings (SSSR count). The van der Waals surface area contributed by atoms with E-state index in [1.807, 2.05) is 0 Å². The van der Waals surface area contributed by atoms with Gasteiger partial charge in [0.2, 0.25) is 5.24 Å². The highest BCUT2D eigenvalue weighted by atomic mass is 35.5. The van der Waals surface area contributed by atoms with Crippen molar-refractivity contribution < 1.29 is 15.0 Å². The van der Waals surface area contributed by atoms with Gasteiger partial charge in [0.25, 0.3) is 0 Å². The first-order valence-corrected chi connectivity index (χ1v) is 4.16. The molecule has 0 aromatic heterocycles. The summed E-state index contributed by atoms with van der Waals surface area (Å²) in [5.41, 5.74) is 0.768. The van der Waals surface area contributed by atoms with Gasteiger partial charge in [-0.1, -0.05) is 6.07 Å². The summed E-state index contributed by atoms with van der Waals surface area (Å²) in [4.78, 5) is 10.4. The molecule has 4 heteroatoms. The van der Waals surface area contributed by atoms with Crippen LogP contribution >= 0.6 is 11.6 Å². The van der Waals surface area contributed by atoms with E-state index in [4.69, 9.17) is 21.8 Å². The number of carbonyl (C=O) groups excluding carboxylic acids is 1. The van der Waals surface area contributed by atoms with Gasteiger partial charge in [0, 0.05) is 6.42 Å². The lowest BCUT2D eigenvalue weighted by Crippen LogP contribution is -1.91. The Morgan fingerprint density at radius 1 is 1.31 bits per heavy atom. The average molecular weight is 201 g/mol. The fraction of sp³-hybridized carbons (Fsp3) is 0.222. The van der Waals surface area contributed by atoms with Crippen molar-refractivity contribution in [3.8, 4) is 11.5 Å². The lowest BCUT2D eigenvalue weighted by Gasteiger charge is -2.01. The molecule has 0 aliphatic carbocycles. The van der Waals surface area contributed by atoms with Crippen LogP contribution in [0.1, 0.15) is 12.0 Å². The van der Waals surface area contributed by atoms with E-state index < -0.39 is 5.24 Å². The zero-order chi connectivity index (χ0) is 9.84. The summed E-state index contributed by atoms with van der Waals surface area (Å²) in [7, 11) is 0. The second kappa shape index (κ2) is 4.14. The lowest BCUT2D eigenvalue weighted by atomic mass is 10.1. The van der Waals surface area contributed by atoms with Crippen LogP contribution in [0.15, 0.2) is 18.2 Å². The van der Waals surface area contributed by atoms with Crippen LogP contribution in [0.2, 0.25) is 0 Å². The number of aryl methyl sites for hydroxylation is 1. The first-order chi connectivity index (χ1) is 6.09. The van der Waals surface area contributed by atoms with Crippen molar-refractivity contribution in [2.45, 2.75) is 12.8 Å². The number of hydrogen-bond acceptors (Lipinski definition) is 3. The summed E-state index contributed by atoms with van der Waals surface area (Å²) in [6, 6.07) is 4.42. The summed E-state index contributed by atoms with van der Waals surface area (Å²) in [6.45, 7) is 0. The number of phenolic OH excluding ortho intramolecular Hbond substituents is 2. The van der Waals surface area contributed by atoms with E-state index in [-0.39, 0.29) is 17.9 Å². The normalized spacial score (nSPS) is 9.92. The maximum absolute atomic E-state index is 10.4. The Balaban J connectivity index is 2.68. The molecular weight excluding hydrogens is 192 g/mol. The topological polar surface area (TPSA) is 57.5 Å². The Hall–Kier alpha value is -1.22. The molecule has 0 atom stereocenters. The zero-order valence-corrected chi connectivity index (χ0v) is 7.58. The third-order valence-electron chi connectivity index (χ3n) is 1.65. The molecule has 1 aromatic rings. The summed E-state index contributed by atoms with van der Waals surface area (Å²) in [6.07, 6.45) is 0.696. The Bertz CT molecular complexity index is 323. The minimum atomic E-state index is -0.410. The summed E-state index contributed by atoms with van der Waals surface area (Å²) < 4.78 is 0. The molecule has 70 valence electrons. The quantitative estimate of drug-likeness (QED) is 0.578. The van der Waals surface area contributed by atoms with Crippen LogP contribution in [0.3, 0.4) is 0 Å². The van der Waals surface area contributed by atoms with Crippen molar-refractivity contribution in [3.05, 3.63) is 23.8 Å². The monoisotopic (exact) mass is 200 g/mol. The van der Waals surface area contributed by atoms with Gasteiger partial charge in [-0.2, -0.15) is 0 Å². The van der Waals surface area contributed by atoms with Gasteiger partial charge in [-0.3, -0.25) is 4.79 Å². The van der Waals surface area contributed by atoms with E-state index in [0.29, 0.717) is 6.42 Å². The standard InChI is InChI=1S/C9H9ClO3/c10-9(13)4-2-6-1-3-7(11)8(12)5-6/h1,3,5,11-12H,2,4H2. The number of hydrogen-bond donors (Lipinski definition) is 2. The second-order valence-electron chi connectivity index (χ2n) is 2.68. The molecule has 0 unspecified atom stereocenters. The molecule has 0 fully saturated rings. The van der Waals surface area contributed by atoms with Gasteiger partial charge in [-0.05, 0) is 35.7 Å². The molecule has 0 aliphatic heterocycles. The number of aromatic hydroxyl groups is 2. The highest BCUT2D eigenvalue weighted by Gasteiger charge is 2.02. The molecule has 0 saturated heterocycles. The van der Waals surface area contributed by atoms with Crippen LogP contribution < -0.4 is 0 Å². The molecule has 0 saturated carbocycles. The van der Waals surface area contributed by atoms with Gasteiger partial charge in [0.05, 0.1) is 0 Å². The Labute approximate surface area is 80.6 Å². The molecule has 0 amide bonds. The second-order valence-corrected chi connectivity index (χ2v) is 3.10. The average Bonchev–Trinajstić information content (AvgIpc) is 2.07. The molecule has 0 heterocycles. The van der Waals surface area contributed by atoms with Crippen LogP contribution in [-0.4, -0.2) is 15.5 Å². The third-order valence-corrected chi connectivity index (χ3v) is 1.84. The highest BCUT2D eigenvalue weighted by molar-refractivity contribution is 6.63. The van der Waals surface area contributed by atoms with Gasteiger partial charge in [-0.15, -0.1) is 0 Å². The number of halogens is 1. The molecule has 13 heavy (non-hydrogen) atoms. The van der Waals surface area contributed by atoms with Gasteiger partial charge >= 0.3 is 0 Å². The number of phenols is 2. The summed E-state index contributed by atoms with van der Waals surface area (Å²) in [5, 5.41) is 17.7. The smallest absolute Gasteiger partial charge is 0.221 e. The Morgan fingerprint density at radius 3 is 2.54 bits per heavy atom. The molecule has 1 aromatic carbocycles. The number of rotatable bonds is 3. The van der Waals surface area contributed by atoms with Crippen molar-refractivity contribution in [1.82, 2.24) is 0 Å². The van der Waals surface area contributed by atoms with E-state index in [9.17, 15) is 4.79 Å². The van der Waals surface area contributed by atoms with Gasteiger partial charge < -0.3 is 10.2 Å². The van der Waals surface area contributed by atoms with E-state index in [0.717, 1.165) is 5.56 Å². The number of carbonyl (C=O) groups is 1. The van der Waals surface area contributed by atoms with E-state index in [2.05, 4.69) is 0 Å².